The average molecular weight is 341 g/mol. The number of unbranched alkanes of at least 4 members (excludes halogenated alkanes) is 1. The Hall–Kier alpha value is -0.0300. The minimum atomic E-state index is -1.41. The first kappa shape index (κ1) is 19.0. The number of thioether (sulfide) groups is 2. The van der Waals surface area contributed by atoms with Gasteiger partial charge in [-0.15, -0.1) is 0 Å². The van der Waals surface area contributed by atoms with Crippen LogP contribution in [0.1, 0.15) is 19.3 Å². The summed E-state index contributed by atoms with van der Waals surface area (Å²) >= 11 is 2.73. The Morgan fingerprint density at radius 3 is 2.43 bits per heavy atom. The summed E-state index contributed by atoms with van der Waals surface area (Å²) in [6, 6.07) is 0. The van der Waals surface area contributed by atoms with Gasteiger partial charge in [-0.25, -0.2) is 0 Å². The highest BCUT2D eigenvalue weighted by Crippen LogP contribution is 2.30. The van der Waals surface area contributed by atoms with Gasteiger partial charge in [-0.3, -0.25) is 0 Å². The third kappa shape index (κ3) is 5.59. The van der Waals surface area contributed by atoms with Gasteiger partial charge < -0.3 is 30.4 Å². The molecule has 124 valence electrons. The van der Waals surface area contributed by atoms with Crippen LogP contribution in [0.3, 0.4) is 0 Å². The lowest BCUT2D eigenvalue weighted by molar-refractivity contribution is -0.205. The van der Waals surface area contributed by atoms with E-state index in [0.717, 1.165) is 30.4 Å². The summed E-state index contributed by atoms with van der Waals surface area (Å²) in [5.41, 5.74) is -0.896. The SMILES string of the molecule is CSCCCC/C(=N\O)S[C@@H]1O[C@H](CO)[C@@H](O)[C@H](O)[C@H]1O. The van der Waals surface area contributed by atoms with Gasteiger partial charge in [0.15, 0.2) is 0 Å². The van der Waals surface area contributed by atoms with E-state index >= 15 is 0 Å². The fourth-order valence-electron chi connectivity index (χ4n) is 1.95. The molecule has 0 aromatic carbocycles. The molecule has 5 N–H and O–H groups in total. The Balaban J connectivity index is 2.54. The molecule has 0 saturated carbocycles. The number of hydrogen-bond donors (Lipinski definition) is 5. The van der Waals surface area contributed by atoms with E-state index in [1.807, 2.05) is 6.26 Å². The van der Waals surface area contributed by atoms with Gasteiger partial charge >= 0.3 is 0 Å². The summed E-state index contributed by atoms with van der Waals surface area (Å²) < 4.78 is 5.35. The second-order valence-corrected chi connectivity index (χ2v) is 6.92. The number of hydrogen-bond acceptors (Lipinski definition) is 9. The van der Waals surface area contributed by atoms with Crippen LogP contribution >= 0.6 is 23.5 Å². The smallest absolute Gasteiger partial charge is 0.138 e. The van der Waals surface area contributed by atoms with Crippen molar-refractivity contribution in [1.82, 2.24) is 0 Å². The van der Waals surface area contributed by atoms with Crippen LogP contribution in [-0.4, -0.2) is 79.1 Å². The van der Waals surface area contributed by atoms with Crippen molar-refractivity contribution in [3.63, 3.8) is 0 Å². The summed E-state index contributed by atoms with van der Waals surface area (Å²) in [4.78, 5) is 0. The summed E-state index contributed by atoms with van der Waals surface area (Å²) in [6.45, 7) is -0.471. The Bertz CT molecular complexity index is 331. The number of oxime groups is 1. The molecule has 0 aromatic heterocycles. The highest BCUT2D eigenvalue weighted by Gasteiger charge is 2.44. The first-order valence-electron chi connectivity index (χ1n) is 6.72. The van der Waals surface area contributed by atoms with Gasteiger partial charge in [-0.1, -0.05) is 16.9 Å². The Morgan fingerprint density at radius 2 is 1.86 bits per heavy atom. The fraction of sp³-hybridized carbons (Fsp3) is 0.917. The summed E-state index contributed by atoms with van der Waals surface area (Å²) in [5.74, 6) is 1.02. The maximum atomic E-state index is 9.90. The Morgan fingerprint density at radius 1 is 1.14 bits per heavy atom. The van der Waals surface area contributed by atoms with Crippen molar-refractivity contribution in [2.24, 2.45) is 5.16 Å². The van der Waals surface area contributed by atoms with Crippen molar-refractivity contribution in [3.05, 3.63) is 0 Å². The van der Waals surface area contributed by atoms with E-state index in [9.17, 15) is 15.3 Å². The molecule has 0 aliphatic carbocycles. The molecule has 1 aliphatic rings. The maximum absolute atomic E-state index is 9.90. The Kier molecular flexibility index (Phi) is 8.95. The standard InChI is InChI=1S/C12H23NO6S2/c1-20-5-3-2-4-8(13-18)21-12-11(17)10(16)9(15)7(6-14)19-12/h7,9-12,14-18H,2-6H2,1H3/b13-8+/t7-,9-,10+,11-,12+/m1/s1. The summed E-state index contributed by atoms with van der Waals surface area (Å²) in [6.07, 6.45) is -0.684. The number of aliphatic hydroxyl groups is 4. The molecule has 9 heteroatoms. The van der Waals surface area contributed by atoms with Gasteiger partial charge in [-0.2, -0.15) is 11.8 Å². The third-order valence-corrected chi connectivity index (χ3v) is 5.08. The van der Waals surface area contributed by atoms with Crippen LogP contribution in [0, 0.1) is 0 Å². The molecule has 5 atom stereocenters. The van der Waals surface area contributed by atoms with Gasteiger partial charge in [0, 0.05) is 0 Å². The number of aliphatic hydroxyl groups excluding tert-OH is 4. The summed E-state index contributed by atoms with van der Waals surface area (Å²) in [7, 11) is 0. The van der Waals surface area contributed by atoms with E-state index in [2.05, 4.69) is 5.16 Å². The summed E-state index contributed by atoms with van der Waals surface area (Å²) in [5, 5.41) is 51.0. The van der Waals surface area contributed by atoms with Gasteiger partial charge in [0.2, 0.25) is 0 Å². The fourth-order valence-corrected chi connectivity index (χ4v) is 3.52. The quantitative estimate of drug-likeness (QED) is 0.142. The number of rotatable bonds is 7. The number of ether oxygens (including phenoxy) is 1. The van der Waals surface area contributed by atoms with Crippen molar-refractivity contribution >= 4 is 28.6 Å². The lowest BCUT2D eigenvalue weighted by Gasteiger charge is -2.39. The lowest BCUT2D eigenvalue weighted by atomic mass is 10.0. The molecule has 1 heterocycles. The predicted octanol–water partition coefficient (Wildman–Crippen LogP) is -0.160. The third-order valence-electron chi connectivity index (χ3n) is 3.20. The zero-order valence-electron chi connectivity index (χ0n) is 11.8. The van der Waals surface area contributed by atoms with Crippen LogP contribution in [0.2, 0.25) is 0 Å². The second-order valence-electron chi connectivity index (χ2n) is 4.76. The maximum Gasteiger partial charge on any atom is 0.138 e. The molecular weight excluding hydrogens is 318 g/mol. The number of nitrogens with zero attached hydrogens (tertiary/aromatic N) is 1. The van der Waals surface area contributed by atoms with Crippen molar-refractivity contribution in [3.8, 4) is 0 Å². The topological polar surface area (TPSA) is 123 Å². The van der Waals surface area contributed by atoms with Gasteiger partial charge in [0.25, 0.3) is 0 Å². The predicted molar refractivity (Wildman–Crippen MR) is 82.8 cm³/mol. The first-order valence-corrected chi connectivity index (χ1v) is 8.99. The molecule has 0 amide bonds. The van der Waals surface area contributed by atoms with Crippen LogP contribution in [0.25, 0.3) is 0 Å². The molecule has 1 rings (SSSR count). The molecule has 1 fully saturated rings. The zero-order chi connectivity index (χ0) is 15.8. The van der Waals surface area contributed by atoms with E-state index in [-0.39, 0.29) is 0 Å². The highest BCUT2D eigenvalue weighted by molar-refractivity contribution is 8.14. The van der Waals surface area contributed by atoms with Crippen LogP contribution in [-0.2, 0) is 4.74 Å². The molecule has 0 spiro atoms. The van der Waals surface area contributed by atoms with E-state index in [1.54, 1.807) is 11.8 Å². The van der Waals surface area contributed by atoms with Crippen molar-refractivity contribution in [2.75, 3.05) is 18.6 Å². The van der Waals surface area contributed by atoms with E-state index < -0.39 is 36.5 Å². The van der Waals surface area contributed by atoms with E-state index in [1.165, 1.54) is 0 Å². The van der Waals surface area contributed by atoms with Gasteiger partial charge in [-0.05, 0) is 31.3 Å². The molecule has 0 aromatic rings. The normalized spacial score (nSPS) is 34.1. The second kappa shape index (κ2) is 9.88. The minimum Gasteiger partial charge on any atom is -0.410 e. The molecular formula is C12H23NO6S2. The van der Waals surface area contributed by atoms with E-state index in [4.69, 9.17) is 15.1 Å². The molecule has 7 nitrogen and oxygen atoms in total. The first-order chi connectivity index (χ1) is 10.0. The average Bonchev–Trinajstić information content (AvgIpc) is 2.50. The van der Waals surface area contributed by atoms with Crippen molar-refractivity contribution in [2.45, 2.75) is 49.1 Å². The monoisotopic (exact) mass is 341 g/mol. The van der Waals surface area contributed by atoms with Crippen molar-refractivity contribution in [1.29, 1.82) is 0 Å². The van der Waals surface area contributed by atoms with Crippen molar-refractivity contribution < 1.29 is 30.4 Å². The van der Waals surface area contributed by atoms with Gasteiger partial charge in [0.1, 0.15) is 34.9 Å². The zero-order valence-corrected chi connectivity index (χ0v) is 13.5. The minimum absolute atomic E-state index is 0.389. The molecule has 0 bridgehead atoms. The van der Waals surface area contributed by atoms with Crippen LogP contribution in [0.5, 0.6) is 0 Å². The van der Waals surface area contributed by atoms with Gasteiger partial charge in [0.05, 0.1) is 6.61 Å². The molecule has 0 unspecified atom stereocenters. The molecule has 1 aliphatic heterocycles. The molecule has 21 heavy (non-hydrogen) atoms. The van der Waals surface area contributed by atoms with Crippen LogP contribution in [0.15, 0.2) is 5.16 Å². The Labute approximate surface area is 132 Å². The van der Waals surface area contributed by atoms with Crippen LogP contribution in [0.4, 0.5) is 0 Å². The van der Waals surface area contributed by atoms with E-state index in [0.29, 0.717) is 11.5 Å². The van der Waals surface area contributed by atoms with Crippen LogP contribution < -0.4 is 0 Å². The lowest BCUT2D eigenvalue weighted by Crippen LogP contribution is -2.57. The largest absolute Gasteiger partial charge is 0.410 e. The highest BCUT2D eigenvalue weighted by atomic mass is 32.2. The molecule has 0 radical (unpaired) electrons. The molecule has 1 saturated heterocycles.